The van der Waals surface area contributed by atoms with Gasteiger partial charge in [-0.15, -0.1) is 0 Å². The van der Waals surface area contributed by atoms with Gasteiger partial charge in [0.25, 0.3) is 0 Å². The minimum atomic E-state index is -0.0708. The van der Waals surface area contributed by atoms with Gasteiger partial charge in [0, 0.05) is 29.9 Å². The van der Waals surface area contributed by atoms with Crippen molar-refractivity contribution in [1.29, 1.82) is 0 Å². The van der Waals surface area contributed by atoms with Crippen LogP contribution < -0.4 is 15.4 Å². The third-order valence-electron chi connectivity index (χ3n) is 5.80. The van der Waals surface area contributed by atoms with Crippen molar-refractivity contribution < 1.29 is 14.3 Å². The monoisotopic (exact) mass is 503 g/mol. The molecule has 0 saturated carbocycles. The molecule has 4 aromatic rings. The van der Waals surface area contributed by atoms with Gasteiger partial charge in [0.1, 0.15) is 23.6 Å². The number of hydrogen-bond acceptors (Lipinski definition) is 7. The number of benzene rings is 3. The third kappa shape index (κ3) is 5.91. The lowest BCUT2D eigenvalue weighted by Crippen LogP contribution is -2.41. The van der Waals surface area contributed by atoms with E-state index in [1.54, 1.807) is 6.07 Å². The molecular weight excluding hydrogens is 478 g/mol. The van der Waals surface area contributed by atoms with Gasteiger partial charge in [-0.3, -0.25) is 9.69 Å². The number of aryl methyl sites for hydroxylation is 1. The van der Waals surface area contributed by atoms with Gasteiger partial charge in [-0.1, -0.05) is 23.7 Å². The topological polar surface area (TPSA) is 88.6 Å². The minimum absolute atomic E-state index is 0.0708. The van der Waals surface area contributed by atoms with Crippen molar-refractivity contribution in [3.8, 4) is 11.5 Å². The molecule has 2 N–H and O–H groups in total. The second-order valence-electron chi connectivity index (χ2n) is 8.58. The molecule has 1 aliphatic heterocycles. The zero-order valence-electron chi connectivity index (χ0n) is 19.8. The fourth-order valence-corrected chi connectivity index (χ4v) is 4.22. The number of halogens is 1. The SMILES string of the molecule is Cc1cccc(Oc2ccc(Nc3ncnc4ccc(NC(=O)CN5CCOCC5)cc34)cc2Cl)c1. The molecule has 9 heteroatoms. The van der Waals surface area contributed by atoms with Crippen molar-refractivity contribution in [2.75, 3.05) is 43.5 Å². The smallest absolute Gasteiger partial charge is 0.238 e. The van der Waals surface area contributed by atoms with Gasteiger partial charge in [0.15, 0.2) is 0 Å². The van der Waals surface area contributed by atoms with Gasteiger partial charge in [-0.25, -0.2) is 9.97 Å². The number of fused-ring (bicyclic) bond motifs is 1. The molecule has 0 spiro atoms. The minimum Gasteiger partial charge on any atom is -0.456 e. The Morgan fingerprint density at radius 1 is 1.06 bits per heavy atom. The Morgan fingerprint density at radius 2 is 1.89 bits per heavy atom. The quantitative estimate of drug-likeness (QED) is 0.349. The van der Waals surface area contributed by atoms with E-state index < -0.39 is 0 Å². The highest BCUT2D eigenvalue weighted by Crippen LogP contribution is 2.33. The van der Waals surface area contributed by atoms with Gasteiger partial charge in [0.05, 0.1) is 30.3 Å². The normalized spacial score (nSPS) is 13.9. The molecule has 5 rings (SSSR count). The lowest BCUT2D eigenvalue weighted by Gasteiger charge is -2.25. The number of hydrogen-bond donors (Lipinski definition) is 2. The predicted octanol–water partition coefficient (Wildman–Crippen LogP) is 5.40. The Labute approximate surface area is 214 Å². The van der Waals surface area contributed by atoms with Crippen molar-refractivity contribution in [2.45, 2.75) is 6.92 Å². The molecule has 0 aliphatic carbocycles. The Kier molecular flexibility index (Phi) is 7.27. The van der Waals surface area contributed by atoms with E-state index in [1.165, 1.54) is 6.33 Å². The zero-order chi connectivity index (χ0) is 24.9. The number of nitrogens with zero attached hydrogens (tertiary/aromatic N) is 3. The summed E-state index contributed by atoms with van der Waals surface area (Å²) in [6.07, 6.45) is 1.50. The van der Waals surface area contributed by atoms with Crippen molar-refractivity contribution in [3.63, 3.8) is 0 Å². The van der Waals surface area contributed by atoms with Crippen LogP contribution in [0.15, 0.2) is 67.0 Å². The van der Waals surface area contributed by atoms with Gasteiger partial charge >= 0.3 is 0 Å². The molecule has 1 aromatic heterocycles. The molecule has 184 valence electrons. The second-order valence-corrected chi connectivity index (χ2v) is 8.99. The molecule has 2 heterocycles. The molecule has 1 amide bonds. The van der Waals surface area contributed by atoms with Crippen molar-refractivity contribution in [3.05, 3.63) is 77.6 Å². The van der Waals surface area contributed by atoms with Crippen LogP contribution in [0, 0.1) is 6.92 Å². The molecular formula is C27H26ClN5O3. The standard InChI is InChI=1S/C27H26ClN5O3/c1-18-3-2-4-21(13-18)36-25-8-6-20(15-23(25)28)32-27-22-14-19(5-7-24(22)29-17-30-27)31-26(34)16-33-9-11-35-12-10-33/h2-8,13-15,17H,9-12,16H2,1H3,(H,31,34)(H,29,30,32). The van der Waals surface area contributed by atoms with Crippen LogP contribution >= 0.6 is 11.6 Å². The molecule has 1 fully saturated rings. The van der Waals surface area contributed by atoms with E-state index >= 15 is 0 Å². The van der Waals surface area contributed by atoms with E-state index in [1.807, 2.05) is 61.5 Å². The summed E-state index contributed by atoms with van der Waals surface area (Å²) in [5, 5.41) is 7.53. The predicted molar refractivity (Wildman–Crippen MR) is 141 cm³/mol. The van der Waals surface area contributed by atoms with E-state index in [9.17, 15) is 4.79 Å². The fourth-order valence-electron chi connectivity index (χ4n) is 4.00. The maximum Gasteiger partial charge on any atom is 0.238 e. The van der Waals surface area contributed by atoms with Crippen LogP contribution in [0.5, 0.6) is 11.5 Å². The summed E-state index contributed by atoms with van der Waals surface area (Å²) in [7, 11) is 0. The molecule has 3 aromatic carbocycles. The van der Waals surface area contributed by atoms with E-state index in [4.69, 9.17) is 21.1 Å². The van der Waals surface area contributed by atoms with Crippen LogP contribution in [-0.4, -0.2) is 53.6 Å². The summed E-state index contributed by atoms with van der Waals surface area (Å²) in [5.74, 6) is 1.82. The highest BCUT2D eigenvalue weighted by atomic mass is 35.5. The van der Waals surface area contributed by atoms with E-state index in [2.05, 4.69) is 25.5 Å². The van der Waals surface area contributed by atoms with Crippen molar-refractivity contribution >= 4 is 45.6 Å². The summed E-state index contributed by atoms with van der Waals surface area (Å²) in [6.45, 7) is 5.15. The third-order valence-corrected chi connectivity index (χ3v) is 6.10. The largest absolute Gasteiger partial charge is 0.456 e. The first-order chi connectivity index (χ1) is 17.5. The first-order valence-electron chi connectivity index (χ1n) is 11.7. The highest BCUT2D eigenvalue weighted by Gasteiger charge is 2.15. The first-order valence-corrected chi connectivity index (χ1v) is 12.1. The second kappa shape index (κ2) is 10.9. The van der Waals surface area contributed by atoms with Crippen LogP contribution in [0.25, 0.3) is 10.9 Å². The van der Waals surface area contributed by atoms with E-state index in [0.717, 1.165) is 41.0 Å². The van der Waals surface area contributed by atoms with Gasteiger partial charge < -0.3 is 20.1 Å². The number of carbonyl (C=O) groups is 1. The number of anilines is 3. The Hall–Kier alpha value is -3.72. The highest BCUT2D eigenvalue weighted by molar-refractivity contribution is 6.32. The van der Waals surface area contributed by atoms with Crippen LogP contribution in [0.4, 0.5) is 17.2 Å². The van der Waals surface area contributed by atoms with E-state index in [0.29, 0.717) is 42.0 Å². The molecule has 8 nitrogen and oxygen atoms in total. The van der Waals surface area contributed by atoms with Crippen LogP contribution in [0.3, 0.4) is 0 Å². The Balaban J connectivity index is 1.31. The number of carbonyl (C=O) groups excluding carboxylic acids is 1. The van der Waals surface area contributed by atoms with E-state index in [-0.39, 0.29) is 5.91 Å². The molecule has 36 heavy (non-hydrogen) atoms. The summed E-state index contributed by atoms with van der Waals surface area (Å²) < 4.78 is 11.3. The number of ether oxygens (including phenoxy) is 2. The molecule has 1 saturated heterocycles. The number of rotatable bonds is 7. The van der Waals surface area contributed by atoms with Crippen molar-refractivity contribution in [2.24, 2.45) is 0 Å². The average molecular weight is 504 g/mol. The van der Waals surface area contributed by atoms with Crippen LogP contribution in [0.1, 0.15) is 5.56 Å². The van der Waals surface area contributed by atoms with Crippen LogP contribution in [-0.2, 0) is 9.53 Å². The Morgan fingerprint density at radius 3 is 2.69 bits per heavy atom. The fraction of sp³-hybridized carbons (Fsp3) is 0.222. The molecule has 0 bridgehead atoms. The summed E-state index contributed by atoms with van der Waals surface area (Å²) in [5.41, 5.74) is 3.29. The van der Waals surface area contributed by atoms with Gasteiger partial charge in [-0.05, 0) is 61.0 Å². The summed E-state index contributed by atoms with van der Waals surface area (Å²) in [4.78, 5) is 23.4. The first kappa shape index (κ1) is 24.0. The van der Waals surface area contributed by atoms with Crippen molar-refractivity contribution in [1.82, 2.24) is 14.9 Å². The number of aromatic nitrogens is 2. The molecule has 0 atom stereocenters. The number of morpholine rings is 1. The average Bonchev–Trinajstić information content (AvgIpc) is 2.87. The molecule has 0 unspecified atom stereocenters. The lowest BCUT2D eigenvalue weighted by atomic mass is 10.2. The van der Waals surface area contributed by atoms with Gasteiger partial charge in [-0.2, -0.15) is 0 Å². The van der Waals surface area contributed by atoms with Gasteiger partial charge in [0.2, 0.25) is 5.91 Å². The molecule has 0 radical (unpaired) electrons. The zero-order valence-corrected chi connectivity index (χ0v) is 20.6. The summed E-state index contributed by atoms with van der Waals surface area (Å²) >= 11 is 6.51. The summed E-state index contributed by atoms with van der Waals surface area (Å²) in [6, 6.07) is 18.8. The Bertz CT molecular complexity index is 1390. The maximum atomic E-state index is 12.5. The number of amides is 1. The molecule has 1 aliphatic rings. The number of nitrogens with one attached hydrogen (secondary N) is 2. The lowest BCUT2D eigenvalue weighted by molar-refractivity contribution is -0.118. The maximum absolute atomic E-state index is 12.5. The van der Waals surface area contributed by atoms with Crippen LogP contribution in [0.2, 0.25) is 5.02 Å².